The summed E-state index contributed by atoms with van der Waals surface area (Å²) < 4.78 is 5.94. The maximum absolute atomic E-state index is 14.1. The third-order valence-electron chi connectivity index (χ3n) is 11.0. The molecule has 2 bridgehead atoms. The molecule has 2 amide bonds. The standard InChI is InChI=1S/C36H52N4O6/c1-21-28-17-26(36(28,3)4)18-29(21)38-35(44)32-31(22(2)42)30(20-41)46-40(32)19-25-12-9-13-27(33(25)45-7)23-10-8-11-24(16-23)34(43)37-14-15-39(5)6/h8-13,16,21-22,26,28-32,41-42H,14-15,17-20H2,1-7H3,(H,37,43)(H,38,44)/t21-,22-,26+,28-,29-,30-,31+,32-/m0/s1. The van der Waals surface area contributed by atoms with Crippen molar-refractivity contribution in [3.63, 3.8) is 0 Å². The minimum absolute atomic E-state index is 0.0548. The normalized spacial score (nSPS) is 29.2. The molecule has 1 heterocycles. The van der Waals surface area contributed by atoms with Gasteiger partial charge in [0, 0.05) is 41.7 Å². The monoisotopic (exact) mass is 636 g/mol. The fraction of sp³-hybridized carbons (Fsp3) is 0.611. The smallest absolute Gasteiger partial charge is 0.251 e. The molecule has 4 N–H and O–H groups in total. The zero-order valence-electron chi connectivity index (χ0n) is 28.3. The number of aliphatic hydroxyl groups is 2. The molecule has 1 aliphatic heterocycles. The van der Waals surface area contributed by atoms with Gasteiger partial charge in [-0.3, -0.25) is 14.4 Å². The molecule has 4 fully saturated rings. The Bertz CT molecular complexity index is 1400. The third-order valence-corrected chi connectivity index (χ3v) is 11.0. The Balaban J connectivity index is 1.39. The summed E-state index contributed by atoms with van der Waals surface area (Å²) in [4.78, 5) is 35.1. The molecule has 10 heteroatoms. The fourth-order valence-electron chi connectivity index (χ4n) is 8.15. The van der Waals surface area contributed by atoms with Crippen LogP contribution < -0.4 is 15.4 Å². The number of fused-ring (bicyclic) bond motifs is 2. The van der Waals surface area contributed by atoms with Crippen LogP contribution in [0.2, 0.25) is 0 Å². The van der Waals surface area contributed by atoms with E-state index in [4.69, 9.17) is 9.57 Å². The van der Waals surface area contributed by atoms with Crippen molar-refractivity contribution in [1.29, 1.82) is 0 Å². The van der Waals surface area contributed by atoms with E-state index in [1.54, 1.807) is 25.2 Å². The van der Waals surface area contributed by atoms with E-state index >= 15 is 0 Å². The van der Waals surface area contributed by atoms with Gasteiger partial charge in [0.2, 0.25) is 5.91 Å². The fourth-order valence-corrected chi connectivity index (χ4v) is 8.15. The first-order valence-corrected chi connectivity index (χ1v) is 16.6. The number of ether oxygens (including phenoxy) is 1. The van der Waals surface area contributed by atoms with E-state index in [9.17, 15) is 19.8 Å². The molecule has 46 heavy (non-hydrogen) atoms. The number of para-hydroxylation sites is 1. The second-order valence-electron chi connectivity index (χ2n) is 14.4. The Labute approximate surface area is 273 Å². The molecule has 0 aromatic heterocycles. The zero-order valence-corrected chi connectivity index (χ0v) is 28.3. The largest absolute Gasteiger partial charge is 0.496 e. The van der Waals surface area contributed by atoms with Gasteiger partial charge < -0.3 is 30.5 Å². The van der Waals surface area contributed by atoms with Gasteiger partial charge in [0.1, 0.15) is 17.9 Å². The summed E-state index contributed by atoms with van der Waals surface area (Å²) in [6.45, 7) is 9.70. The van der Waals surface area contributed by atoms with E-state index in [-0.39, 0.29) is 31.0 Å². The van der Waals surface area contributed by atoms with Gasteiger partial charge in [-0.2, -0.15) is 5.06 Å². The maximum atomic E-state index is 14.1. The highest BCUT2D eigenvalue weighted by molar-refractivity contribution is 5.95. The maximum Gasteiger partial charge on any atom is 0.251 e. The van der Waals surface area contributed by atoms with E-state index in [1.807, 2.05) is 55.4 Å². The van der Waals surface area contributed by atoms with Crippen LogP contribution in [0.15, 0.2) is 42.5 Å². The number of amides is 2. The lowest BCUT2D eigenvalue weighted by molar-refractivity contribution is -0.183. The summed E-state index contributed by atoms with van der Waals surface area (Å²) in [7, 11) is 5.52. The van der Waals surface area contributed by atoms with Gasteiger partial charge in [-0.05, 0) is 74.7 Å². The Hall–Kier alpha value is -3.02. The van der Waals surface area contributed by atoms with Crippen molar-refractivity contribution in [3.05, 3.63) is 53.6 Å². The Morgan fingerprint density at radius 3 is 2.54 bits per heavy atom. The second kappa shape index (κ2) is 14.0. The molecule has 10 nitrogen and oxygen atoms in total. The van der Waals surface area contributed by atoms with Crippen molar-refractivity contribution in [1.82, 2.24) is 20.6 Å². The number of hydrogen-bond donors (Lipinski definition) is 4. The highest BCUT2D eigenvalue weighted by atomic mass is 16.7. The number of carbonyl (C=O) groups excluding carboxylic acids is 2. The number of nitrogens with one attached hydrogen (secondary N) is 2. The van der Waals surface area contributed by atoms with Crippen molar-refractivity contribution < 1.29 is 29.4 Å². The summed E-state index contributed by atoms with van der Waals surface area (Å²) >= 11 is 0. The van der Waals surface area contributed by atoms with Gasteiger partial charge in [0.15, 0.2) is 0 Å². The number of nitrogens with zero attached hydrogens (tertiary/aromatic N) is 2. The first kappa shape index (κ1) is 34.3. The van der Waals surface area contributed by atoms with Crippen LogP contribution in [0.5, 0.6) is 5.75 Å². The minimum Gasteiger partial charge on any atom is -0.496 e. The number of hydrogen-bond acceptors (Lipinski definition) is 8. The van der Waals surface area contributed by atoms with E-state index < -0.39 is 24.2 Å². The Morgan fingerprint density at radius 1 is 1.17 bits per heavy atom. The summed E-state index contributed by atoms with van der Waals surface area (Å²) in [6.07, 6.45) is 0.537. The first-order chi connectivity index (χ1) is 21.9. The molecule has 2 aromatic rings. The van der Waals surface area contributed by atoms with Crippen LogP contribution >= 0.6 is 0 Å². The highest BCUT2D eigenvalue weighted by Crippen LogP contribution is 2.61. The van der Waals surface area contributed by atoms with E-state index in [2.05, 4.69) is 31.4 Å². The molecule has 1 saturated heterocycles. The van der Waals surface area contributed by atoms with Gasteiger partial charge in [-0.15, -0.1) is 0 Å². The van der Waals surface area contributed by atoms with Crippen LogP contribution in [0.25, 0.3) is 11.1 Å². The molecule has 0 spiro atoms. The van der Waals surface area contributed by atoms with E-state index in [0.717, 1.165) is 29.7 Å². The van der Waals surface area contributed by atoms with Crippen molar-refractivity contribution >= 4 is 11.8 Å². The average Bonchev–Trinajstić information content (AvgIpc) is 3.40. The number of hydroxylamine groups is 2. The van der Waals surface area contributed by atoms with Gasteiger partial charge in [-0.25, -0.2) is 0 Å². The number of aliphatic hydroxyl groups excluding tert-OH is 2. The first-order valence-electron chi connectivity index (χ1n) is 16.6. The summed E-state index contributed by atoms with van der Waals surface area (Å²) in [6, 6.07) is 12.4. The van der Waals surface area contributed by atoms with Crippen LogP contribution in [-0.4, -0.2) is 97.2 Å². The van der Waals surface area contributed by atoms with Crippen molar-refractivity contribution in [2.75, 3.05) is 40.9 Å². The van der Waals surface area contributed by atoms with Crippen LogP contribution in [0.3, 0.4) is 0 Å². The van der Waals surface area contributed by atoms with Gasteiger partial charge >= 0.3 is 0 Å². The molecular formula is C36H52N4O6. The van der Waals surface area contributed by atoms with Crippen LogP contribution in [0, 0.1) is 29.1 Å². The summed E-state index contributed by atoms with van der Waals surface area (Å²) in [5, 5.41) is 28.9. The van der Waals surface area contributed by atoms with Crippen molar-refractivity contribution in [3.8, 4) is 16.9 Å². The molecule has 3 saturated carbocycles. The third kappa shape index (κ3) is 6.69. The highest BCUT2D eigenvalue weighted by Gasteiger charge is 2.57. The average molecular weight is 637 g/mol. The van der Waals surface area contributed by atoms with Gasteiger partial charge in [-0.1, -0.05) is 51.1 Å². The molecule has 2 aromatic carbocycles. The quantitative estimate of drug-likeness (QED) is 0.280. The predicted molar refractivity (Wildman–Crippen MR) is 177 cm³/mol. The van der Waals surface area contributed by atoms with E-state index in [1.165, 1.54) is 6.42 Å². The lowest BCUT2D eigenvalue weighted by Crippen LogP contribution is -2.62. The number of rotatable bonds is 12. The molecule has 0 unspecified atom stereocenters. The predicted octanol–water partition coefficient (Wildman–Crippen LogP) is 3.31. The van der Waals surface area contributed by atoms with Crippen molar-refractivity contribution in [2.24, 2.45) is 29.1 Å². The lowest BCUT2D eigenvalue weighted by atomic mass is 9.45. The lowest BCUT2D eigenvalue weighted by Gasteiger charge is -2.62. The zero-order chi connectivity index (χ0) is 33.3. The molecule has 0 radical (unpaired) electrons. The topological polar surface area (TPSA) is 124 Å². The minimum atomic E-state index is -0.881. The SMILES string of the molecule is COc1c(CN2O[C@@H](CO)[C@@H]([C@H](C)O)[C@H]2C(=O)N[C@H]2C[C@H]3C[C@@H]([C@@H]2C)C3(C)C)cccc1-c1cccc(C(=O)NCCN(C)C)c1. The van der Waals surface area contributed by atoms with Crippen LogP contribution in [0.1, 0.15) is 56.5 Å². The summed E-state index contributed by atoms with van der Waals surface area (Å²) in [5.41, 5.74) is 3.23. The molecule has 8 atom stereocenters. The number of benzene rings is 2. The van der Waals surface area contributed by atoms with E-state index in [0.29, 0.717) is 41.0 Å². The number of carbonyl (C=O) groups is 2. The van der Waals surface area contributed by atoms with Gasteiger partial charge in [0.05, 0.1) is 26.4 Å². The van der Waals surface area contributed by atoms with Gasteiger partial charge in [0.25, 0.3) is 5.91 Å². The number of likely N-dealkylation sites (N-methyl/N-ethyl adjacent to an activating group) is 1. The van der Waals surface area contributed by atoms with Crippen molar-refractivity contribution in [2.45, 2.75) is 71.4 Å². The Morgan fingerprint density at radius 2 is 1.91 bits per heavy atom. The molecule has 4 aliphatic rings. The summed E-state index contributed by atoms with van der Waals surface area (Å²) in [5.74, 6) is 1.14. The Kier molecular flexibility index (Phi) is 10.4. The molecule has 6 rings (SSSR count). The van der Waals surface area contributed by atoms with Crippen LogP contribution in [-0.2, 0) is 16.2 Å². The van der Waals surface area contributed by atoms with Crippen LogP contribution in [0.4, 0.5) is 0 Å². The molecule has 252 valence electrons. The number of methoxy groups -OCH3 is 1. The molecular weight excluding hydrogens is 584 g/mol. The second-order valence-corrected chi connectivity index (χ2v) is 14.4. The molecule has 3 aliphatic carbocycles.